The fourth-order valence-corrected chi connectivity index (χ4v) is 4.94. The van der Waals surface area contributed by atoms with Crippen molar-refractivity contribution in [3.8, 4) is 0 Å². The van der Waals surface area contributed by atoms with Crippen molar-refractivity contribution in [1.82, 2.24) is 4.57 Å². The normalized spacial score (nSPS) is 21.3. The first-order chi connectivity index (χ1) is 15.7. The Morgan fingerprint density at radius 2 is 2.09 bits per heavy atom. The van der Waals surface area contributed by atoms with Crippen molar-refractivity contribution in [1.29, 1.82) is 0 Å². The van der Waals surface area contributed by atoms with Gasteiger partial charge in [0.1, 0.15) is 17.7 Å². The summed E-state index contributed by atoms with van der Waals surface area (Å²) in [6.07, 6.45) is 6.66. The van der Waals surface area contributed by atoms with E-state index >= 15 is 4.39 Å². The summed E-state index contributed by atoms with van der Waals surface area (Å²) in [5, 5.41) is 13.1. The first-order valence-corrected chi connectivity index (χ1v) is 11.7. The molecule has 1 aliphatic heterocycles. The number of aliphatic hydroxyl groups excluding tert-OH is 1. The van der Waals surface area contributed by atoms with Gasteiger partial charge >= 0.3 is 0 Å². The van der Waals surface area contributed by atoms with E-state index in [2.05, 4.69) is 36.7 Å². The Bertz CT molecular complexity index is 1170. The van der Waals surface area contributed by atoms with E-state index in [0.717, 1.165) is 40.8 Å². The molecule has 0 spiro atoms. The highest BCUT2D eigenvalue weighted by atomic mass is 19.1. The first-order valence-electron chi connectivity index (χ1n) is 11.7. The van der Waals surface area contributed by atoms with Crippen LogP contribution < -0.4 is 5.32 Å². The Balaban J connectivity index is 1.44. The van der Waals surface area contributed by atoms with Gasteiger partial charge in [-0.3, -0.25) is 4.79 Å². The third kappa shape index (κ3) is 3.87. The lowest BCUT2D eigenvalue weighted by molar-refractivity contribution is -0.119. The number of hydrogen-bond acceptors (Lipinski definition) is 4. The maximum absolute atomic E-state index is 15.2. The Hall–Kier alpha value is -2.64. The summed E-state index contributed by atoms with van der Waals surface area (Å²) in [4.78, 5) is 13.3. The van der Waals surface area contributed by atoms with Crippen LogP contribution in [0.25, 0.3) is 10.9 Å². The van der Waals surface area contributed by atoms with Gasteiger partial charge in [0.05, 0.1) is 16.6 Å². The maximum atomic E-state index is 15.2. The van der Waals surface area contributed by atoms with Crippen LogP contribution in [-0.4, -0.2) is 35.1 Å². The van der Waals surface area contributed by atoms with Gasteiger partial charge in [-0.05, 0) is 49.5 Å². The molecule has 1 saturated carbocycles. The maximum Gasteiger partial charge on any atom is 0.235 e. The summed E-state index contributed by atoms with van der Waals surface area (Å²) < 4.78 is 28.3. The molecule has 1 saturated heterocycles. The minimum absolute atomic E-state index is 0.0562. The number of anilines is 1. The van der Waals surface area contributed by atoms with Crippen molar-refractivity contribution in [2.75, 3.05) is 18.7 Å². The van der Waals surface area contributed by atoms with Crippen LogP contribution >= 0.6 is 0 Å². The van der Waals surface area contributed by atoms with Gasteiger partial charge in [-0.25, -0.2) is 4.39 Å². The van der Waals surface area contributed by atoms with E-state index in [1.807, 2.05) is 12.2 Å². The van der Waals surface area contributed by atoms with Crippen molar-refractivity contribution in [2.45, 2.75) is 64.5 Å². The van der Waals surface area contributed by atoms with E-state index in [0.29, 0.717) is 19.4 Å². The predicted molar refractivity (Wildman–Crippen MR) is 124 cm³/mol. The molecule has 1 aromatic heterocycles. The van der Waals surface area contributed by atoms with E-state index in [9.17, 15) is 9.90 Å². The molecule has 0 bridgehead atoms. The summed E-state index contributed by atoms with van der Waals surface area (Å²) in [6, 6.07) is 5.27. The zero-order valence-electron chi connectivity index (χ0n) is 19.4. The molecule has 6 nitrogen and oxygen atoms in total. The summed E-state index contributed by atoms with van der Waals surface area (Å²) in [7, 11) is 0. The Labute approximate surface area is 193 Å². The minimum Gasteiger partial charge on any atom is -0.469 e. The van der Waals surface area contributed by atoms with Gasteiger partial charge < -0.3 is 24.5 Å². The summed E-state index contributed by atoms with van der Waals surface area (Å²) in [5.74, 6) is 0.133. The molecule has 1 atom stereocenters. The first kappa shape index (κ1) is 22.2. The van der Waals surface area contributed by atoms with E-state index in [1.54, 1.807) is 6.07 Å². The average molecular weight is 455 g/mol. The van der Waals surface area contributed by atoms with Gasteiger partial charge in [0.2, 0.25) is 5.91 Å². The number of ether oxygens (including phenoxy) is 2. The lowest BCUT2D eigenvalue weighted by atomic mass is 9.89. The third-order valence-corrected chi connectivity index (χ3v) is 6.95. The van der Waals surface area contributed by atoms with Crippen LogP contribution in [0.4, 0.5) is 10.1 Å². The fraction of sp³-hybridized carbons (Fsp3) is 0.500. The number of aromatic nitrogens is 1. The molecule has 2 aromatic rings. The number of aryl methyl sites for hydroxylation is 1. The number of benzene rings is 1. The Morgan fingerprint density at radius 3 is 2.79 bits per heavy atom. The lowest BCUT2D eigenvalue weighted by Gasteiger charge is -2.22. The number of fused-ring (bicyclic) bond motifs is 2. The number of allylic oxidation sites excluding steroid dienone is 1. The minimum atomic E-state index is -0.630. The smallest absolute Gasteiger partial charge is 0.235 e. The van der Waals surface area contributed by atoms with Crippen molar-refractivity contribution >= 4 is 22.5 Å². The summed E-state index contributed by atoms with van der Waals surface area (Å²) >= 11 is 0. The third-order valence-electron chi connectivity index (χ3n) is 6.95. The van der Waals surface area contributed by atoms with Crippen LogP contribution in [0.3, 0.4) is 0 Å². The van der Waals surface area contributed by atoms with Crippen molar-refractivity contribution in [3.63, 3.8) is 0 Å². The number of hydrogen-bond donors (Lipinski definition) is 2. The molecule has 33 heavy (non-hydrogen) atoms. The Morgan fingerprint density at radius 1 is 1.30 bits per heavy atom. The molecule has 1 aromatic carbocycles. The van der Waals surface area contributed by atoms with Gasteiger partial charge in [0, 0.05) is 35.7 Å². The van der Waals surface area contributed by atoms with Crippen LogP contribution in [0.1, 0.15) is 52.1 Å². The molecule has 2 heterocycles. The summed E-state index contributed by atoms with van der Waals surface area (Å²) in [5.41, 5.74) is 2.20. The number of carbonyl (C=O) groups is 1. The Kier molecular flexibility index (Phi) is 5.37. The van der Waals surface area contributed by atoms with Gasteiger partial charge in [0.25, 0.3) is 0 Å². The van der Waals surface area contributed by atoms with Crippen molar-refractivity contribution in [2.24, 2.45) is 5.41 Å². The van der Waals surface area contributed by atoms with E-state index < -0.39 is 11.2 Å². The molecular weight excluding hydrogens is 423 g/mol. The number of carbonyl (C=O) groups excluding carboxylic acids is 1. The number of aliphatic hydroxyl groups is 1. The molecular formula is C26H31FN2O4. The molecule has 2 N–H and O–H groups in total. The highest BCUT2D eigenvalue weighted by Gasteiger charge is 2.53. The van der Waals surface area contributed by atoms with Gasteiger partial charge in [0.15, 0.2) is 6.79 Å². The standard InChI is InChI=1S/C26H31FN2O4/c1-25(2,3)23-12-16-11-19(18(27)14-20(16)29(23)9-4-10-30)28-24(31)26(7-8-26)17-5-6-21-22(13-17)33-15-32-21/h5,11-14,21,30H,4,6-10,15H2,1-3H3,(H,28,31). The van der Waals surface area contributed by atoms with Crippen LogP contribution in [0.2, 0.25) is 0 Å². The van der Waals surface area contributed by atoms with E-state index in [-0.39, 0.29) is 36.5 Å². The molecule has 176 valence electrons. The van der Waals surface area contributed by atoms with Crippen LogP contribution in [-0.2, 0) is 26.2 Å². The zero-order chi connectivity index (χ0) is 23.4. The highest BCUT2D eigenvalue weighted by molar-refractivity contribution is 6.01. The molecule has 5 rings (SSSR count). The average Bonchev–Trinajstić information content (AvgIpc) is 3.31. The summed E-state index contributed by atoms with van der Waals surface area (Å²) in [6.45, 7) is 7.27. The van der Waals surface area contributed by atoms with E-state index in [1.165, 1.54) is 6.07 Å². The second kappa shape index (κ2) is 7.99. The second-order valence-corrected chi connectivity index (χ2v) is 10.3. The molecule has 2 aliphatic carbocycles. The number of rotatable bonds is 6. The SMILES string of the molecule is CC(C)(C)c1cc2cc(NC(=O)C3(C4=CCC5OCOC5=C4)CC3)c(F)cc2n1CCCO. The quantitative estimate of drug-likeness (QED) is 0.660. The largest absolute Gasteiger partial charge is 0.469 e. The molecule has 0 radical (unpaired) electrons. The van der Waals surface area contributed by atoms with Gasteiger partial charge in [-0.15, -0.1) is 0 Å². The predicted octanol–water partition coefficient (Wildman–Crippen LogP) is 4.77. The molecule has 1 unspecified atom stereocenters. The lowest BCUT2D eigenvalue weighted by Crippen LogP contribution is -2.27. The second-order valence-electron chi connectivity index (χ2n) is 10.3. The topological polar surface area (TPSA) is 72.7 Å². The van der Waals surface area contributed by atoms with Crippen molar-refractivity contribution < 1.29 is 23.8 Å². The van der Waals surface area contributed by atoms with Gasteiger partial charge in [-0.2, -0.15) is 0 Å². The molecule has 2 fully saturated rings. The molecule has 7 heteroatoms. The fourth-order valence-electron chi connectivity index (χ4n) is 4.94. The number of nitrogens with zero attached hydrogens (tertiary/aromatic N) is 1. The zero-order valence-corrected chi connectivity index (χ0v) is 19.4. The van der Waals surface area contributed by atoms with Crippen LogP contribution in [0, 0.1) is 11.2 Å². The highest BCUT2D eigenvalue weighted by Crippen LogP contribution is 2.55. The molecule has 1 amide bonds. The van der Waals surface area contributed by atoms with Crippen LogP contribution in [0.5, 0.6) is 0 Å². The number of nitrogens with one attached hydrogen (secondary N) is 1. The van der Waals surface area contributed by atoms with Crippen LogP contribution in [0.15, 0.2) is 41.7 Å². The number of halogens is 1. The molecule has 3 aliphatic rings. The van der Waals surface area contributed by atoms with E-state index in [4.69, 9.17) is 9.47 Å². The number of amides is 1. The van der Waals surface area contributed by atoms with Crippen molar-refractivity contribution in [3.05, 3.63) is 53.2 Å². The van der Waals surface area contributed by atoms with Gasteiger partial charge in [-0.1, -0.05) is 26.8 Å². The monoisotopic (exact) mass is 454 g/mol.